The number of carboxylic acid groups (broad SMARTS) is 1. The zero-order chi connectivity index (χ0) is 10.6. The fourth-order valence-electron chi connectivity index (χ4n) is 0.922. The van der Waals surface area contributed by atoms with E-state index in [1.807, 2.05) is 6.92 Å². The first-order chi connectivity index (χ1) is 6.65. The van der Waals surface area contributed by atoms with Gasteiger partial charge < -0.3 is 5.11 Å². The molecule has 7 heteroatoms. The van der Waals surface area contributed by atoms with E-state index in [1.165, 1.54) is 16.3 Å². The van der Waals surface area contributed by atoms with Crippen LogP contribution in [-0.4, -0.2) is 31.6 Å². The molecule has 0 saturated heterocycles. The molecule has 0 radical (unpaired) electrons. The monoisotopic (exact) mass is 217 g/mol. The van der Waals surface area contributed by atoms with Gasteiger partial charge in [-0.05, 0) is 6.92 Å². The van der Waals surface area contributed by atoms with E-state index in [0.717, 1.165) is 0 Å². The summed E-state index contributed by atoms with van der Waals surface area (Å²) in [7, 11) is 0. The fourth-order valence-corrected chi connectivity index (χ4v) is 1.86. The minimum absolute atomic E-state index is 0.0649. The highest BCUT2D eigenvalue weighted by Crippen LogP contribution is 2.13. The van der Waals surface area contributed by atoms with Crippen molar-refractivity contribution in [3.8, 4) is 0 Å². The number of thioether (sulfide) groups is 1. The second kappa shape index (κ2) is 4.85. The van der Waals surface area contributed by atoms with Gasteiger partial charge in [0.15, 0.2) is 5.16 Å². The molecule has 6 nitrogen and oxygen atoms in total. The second-order valence-electron chi connectivity index (χ2n) is 2.55. The lowest BCUT2D eigenvalue weighted by Gasteiger charge is -1.99. The number of hydrogen-bond donors (Lipinski definition) is 2. The zero-order valence-electron chi connectivity index (χ0n) is 7.69. The minimum Gasteiger partial charge on any atom is -0.481 e. The largest absolute Gasteiger partial charge is 0.481 e. The van der Waals surface area contributed by atoms with Gasteiger partial charge in [0.1, 0.15) is 0 Å². The van der Waals surface area contributed by atoms with Crippen molar-refractivity contribution in [2.45, 2.75) is 25.0 Å². The van der Waals surface area contributed by atoms with E-state index in [1.54, 1.807) is 0 Å². The number of nitrogens with one attached hydrogen (secondary N) is 1. The number of aromatic nitrogens is 3. The highest BCUT2D eigenvalue weighted by Gasteiger charge is 2.07. The highest BCUT2D eigenvalue weighted by molar-refractivity contribution is 7.99. The molecular formula is C7H11N3O3S. The van der Waals surface area contributed by atoms with Crippen LogP contribution in [0.1, 0.15) is 13.3 Å². The number of carboxylic acids is 1. The second-order valence-corrected chi connectivity index (χ2v) is 3.61. The number of rotatable bonds is 5. The van der Waals surface area contributed by atoms with Gasteiger partial charge in [-0.25, -0.2) is 9.89 Å². The molecule has 1 heterocycles. The van der Waals surface area contributed by atoms with Crippen molar-refractivity contribution in [1.29, 1.82) is 0 Å². The van der Waals surface area contributed by atoms with E-state index < -0.39 is 5.97 Å². The Morgan fingerprint density at radius 2 is 2.43 bits per heavy atom. The summed E-state index contributed by atoms with van der Waals surface area (Å²) in [6, 6.07) is 0. The van der Waals surface area contributed by atoms with E-state index in [-0.39, 0.29) is 12.1 Å². The van der Waals surface area contributed by atoms with Crippen molar-refractivity contribution in [3.05, 3.63) is 10.5 Å². The summed E-state index contributed by atoms with van der Waals surface area (Å²) >= 11 is 1.26. The smallest absolute Gasteiger partial charge is 0.343 e. The van der Waals surface area contributed by atoms with Crippen LogP contribution in [0.2, 0.25) is 0 Å². The van der Waals surface area contributed by atoms with Crippen molar-refractivity contribution >= 4 is 17.7 Å². The summed E-state index contributed by atoms with van der Waals surface area (Å²) in [4.78, 5) is 21.3. The van der Waals surface area contributed by atoms with Crippen LogP contribution in [-0.2, 0) is 11.3 Å². The molecule has 14 heavy (non-hydrogen) atoms. The van der Waals surface area contributed by atoms with Gasteiger partial charge in [-0.3, -0.25) is 9.36 Å². The summed E-state index contributed by atoms with van der Waals surface area (Å²) in [6.45, 7) is 2.36. The third-order valence-corrected chi connectivity index (χ3v) is 2.56. The van der Waals surface area contributed by atoms with Crippen molar-refractivity contribution in [2.24, 2.45) is 0 Å². The molecule has 1 aromatic heterocycles. The first-order valence-electron chi connectivity index (χ1n) is 4.15. The lowest BCUT2D eigenvalue weighted by molar-refractivity contribution is -0.136. The number of carbonyl (C=O) groups is 1. The fraction of sp³-hybridized carbons (Fsp3) is 0.571. The summed E-state index contributed by atoms with van der Waals surface area (Å²) in [5.74, 6) is -0.432. The van der Waals surface area contributed by atoms with Gasteiger partial charge >= 0.3 is 11.7 Å². The van der Waals surface area contributed by atoms with Gasteiger partial charge in [-0.2, -0.15) is 0 Å². The maximum Gasteiger partial charge on any atom is 0.343 e. The highest BCUT2D eigenvalue weighted by atomic mass is 32.2. The molecule has 0 unspecified atom stereocenters. The van der Waals surface area contributed by atoms with Crippen LogP contribution in [0.15, 0.2) is 9.95 Å². The summed E-state index contributed by atoms with van der Waals surface area (Å²) < 4.78 is 1.46. The Morgan fingerprint density at radius 3 is 3.00 bits per heavy atom. The van der Waals surface area contributed by atoms with Gasteiger partial charge in [0.05, 0.1) is 6.42 Å². The number of H-pyrrole nitrogens is 1. The molecule has 1 aromatic rings. The first-order valence-corrected chi connectivity index (χ1v) is 5.13. The average Bonchev–Trinajstić information content (AvgIpc) is 2.46. The number of nitrogens with zero attached hydrogens (tertiary/aromatic N) is 2. The molecule has 0 bridgehead atoms. The lowest BCUT2D eigenvalue weighted by atomic mass is 10.5. The van der Waals surface area contributed by atoms with E-state index in [2.05, 4.69) is 10.2 Å². The number of aliphatic carboxylic acids is 1. The molecule has 0 fully saturated rings. The molecular weight excluding hydrogens is 206 g/mol. The molecule has 0 spiro atoms. The quantitative estimate of drug-likeness (QED) is 0.686. The van der Waals surface area contributed by atoms with Gasteiger partial charge in [0.2, 0.25) is 0 Å². The Labute approximate surface area is 84.3 Å². The van der Waals surface area contributed by atoms with Crippen LogP contribution in [0.4, 0.5) is 0 Å². The Bertz CT molecular complexity index is 371. The molecule has 2 N–H and O–H groups in total. The SMILES string of the molecule is CCn1c(SCCC(=O)O)n[nH]c1=O. The van der Waals surface area contributed by atoms with E-state index in [9.17, 15) is 9.59 Å². The minimum atomic E-state index is -0.849. The number of aromatic amines is 1. The third kappa shape index (κ3) is 2.63. The summed E-state index contributed by atoms with van der Waals surface area (Å²) in [6.07, 6.45) is 0.0649. The lowest BCUT2D eigenvalue weighted by Crippen LogP contribution is -2.16. The summed E-state index contributed by atoms with van der Waals surface area (Å²) in [5.41, 5.74) is -0.259. The molecule has 0 aliphatic carbocycles. The standard InChI is InChI=1S/C7H11N3O3S/c1-2-10-6(13)8-9-7(10)14-4-3-5(11)12/h2-4H2,1H3,(H,8,13)(H,11,12). The molecule has 0 atom stereocenters. The van der Waals surface area contributed by atoms with Crippen LogP contribution in [0.25, 0.3) is 0 Å². The Morgan fingerprint density at radius 1 is 1.71 bits per heavy atom. The van der Waals surface area contributed by atoms with Gasteiger partial charge in [0.25, 0.3) is 0 Å². The van der Waals surface area contributed by atoms with Crippen LogP contribution < -0.4 is 5.69 Å². The van der Waals surface area contributed by atoms with Crippen molar-refractivity contribution < 1.29 is 9.90 Å². The third-order valence-electron chi connectivity index (χ3n) is 1.59. The van der Waals surface area contributed by atoms with Gasteiger partial charge in [-0.15, -0.1) is 5.10 Å². The topological polar surface area (TPSA) is 88.0 Å². The van der Waals surface area contributed by atoms with E-state index in [0.29, 0.717) is 17.5 Å². The van der Waals surface area contributed by atoms with E-state index in [4.69, 9.17) is 5.11 Å². The summed E-state index contributed by atoms with van der Waals surface area (Å²) in [5, 5.41) is 15.0. The van der Waals surface area contributed by atoms with Crippen LogP contribution >= 0.6 is 11.8 Å². The van der Waals surface area contributed by atoms with Gasteiger partial charge in [-0.1, -0.05) is 11.8 Å². The Kier molecular flexibility index (Phi) is 3.75. The van der Waals surface area contributed by atoms with Crippen molar-refractivity contribution in [2.75, 3.05) is 5.75 Å². The van der Waals surface area contributed by atoms with E-state index >= 15 is 0 Å². The maximum atomic E-state index is 11.1. The molecule has 78 valence electrons. The molecule has 0 aliphatic heterocycles. The van der Waals surface area contributed by atoms with Crippen LogP contribution in [0, 0.1) is 0 Å². The predicted octanol–water partition coefficient (Wildman–Crippen LogP) is 0.158. The number of hydrogen-bond acceptors (Lipinski definition) is 4. The van der Waals surface area contributed by atoms with Gasteiger partial charge in [0, 0.05) is 12.3 Å². The molecule has 1 rings (SSSR count). The van der Waals surface area contributed by atoms with Crippen LogP contribution in [0.3, 0.4) is 0 Å². The molecule has 0 amide bonds. The van der Waals surface area contributed by atoms with Crippen LogP contribution in [0.5, 0.6) is 0 Å². The first kappa shape index (κ1) is 10.8. The maximum absolute atomic E-state index is 11.1. The Hall–Kier alpha value is -1.24. The molecule has 0 saturated carbocycles. The van der Waals surface area contributed by atoms with Crippen molar-refractivity contribution in [3.63, 3.8) is 0 Å². The zero-order valence-corrected chi connectivity index (χ0v) is 8.50. The average molecular weight is 217 g/mol. The predicted molar refractivity (Wildman–Crippen MR) is 51.5 cm³/mol. The molecule has 0 aromatic carbocycles. The molecule has 0 aliphatic rings. The normalized spacial score (nSPS) is 10.4. The Balaban J connectivity index is 2.58. The van der Waals surface area contributed by atoms with Crippen molar-refractivity contribution in [1.82, 2.24) is 14.8 Å².